The zero-order chi connectivity index (χ0) is 24.1. The number of fused-ring (bicyclic) bond motifs is 1. The molecule has 0 spiro atoms. The molecule has 0 unspecified atom stereocenters. The van der Waals surface area contributed by atoms with Gasteiger partial charge in [-0.3, -0.25) is 4.79 Å². The zero-order valence-corrected chi connectivity index (χ0v) is 20.2. The summed E-state index contributed by atoms with van der Waals surface area (Å²) in [5, 5.41) is 2.80. The van der Waals surface area contributed by atoms with Crippen molar-refractivity contribution in [1.82, 2.24) is 4.31 Å². The van der Waals surface area contributed by atoms with Crippen molar-refractivity contribution in [3.63, 3.8) is 0 Å². The van der Waals surface area contributed by atoms with Crippen molar-refractivity contribution < 1.29 is 32.2 Å². The maximum Gasteiger partial charge on any atom is 0.243 e. The SMILES string of the molecule is COc1ccc(S(=O)(=O)N(CC(=O)Nc2ccc3c(c2)OCCO3)C2CCCCC2)cc1OC. The molecule has 0 radical (unpaired) electrons. The van der Waals surface area contributed by atoms with E-state index in [1.165, 1.54) is 30.7 Å². The highest BCUT2D eigenvalue weighted by atomic mass is 32.2. The van der Waals surface area contributed by atoms with Gasteiger partial charge in [0.25, 0.3) is 0 Å². The van der Waals surface area contributed by atoms with Crippen LogP contribution < -0.4 is 24.3 Å². The van der Waals surface area contributed by atoms with Crippen molar-refractivity contribution in [2.45, 2.75) is 43.0 Å². The fourth-order valence-electron chi connectivity index (χ4n) is 4.35. The summed E-state index contributed by atoms with van der Waals surface area (Å²) in [6.07, 6.45) is 4.33. The van der Waals surface area contributed by atoms with Gasteiger partial charge in [0.2, 0.25) is 15.9 Å². The Bertz CT molecular complexity index is 1130. The first-order chi connectivity index (χ1) is 16.4. The number of ether oxygens (including phenoxy) is 4. The number of sulfonamides is 1. The molecule has 0 saturated heterocycles. The highest BCUT2D eigenvalue weighted by Crippen LogP contribution is 2.34. The highest BCUT2D eigenvalue weighted by Gasteiger charge is 2.34. The largest absolute Gasteiger partial charge is 0.493 e. The summed E-state index contributed by atoms with van der Waals surface area (Å²) < 4.78 is 50.3. The first kappa shape index (κ1) is 24.2. The van der Waals surface area contributed by atoms with Gasteiger partial charge in [0.15, 0.2) is 23.0 Å². The number of hydrogen-bond donors (Lipinski definition) is 1. The summed E-state index contributed by atoms with van der Waals surface area (Å²) in [5.74, 6) is 1.48. The van der Waals surface area contributed by atoms with E-state index in [1.807, 2.05) is 0 Å². The Kier molecular flexibility index (Phi) is 7.47. The Morgan fingerprint density at radius 3 is 2.38 bits per heavy atom. The van der Waals surface area contributed by atoms with Gasteiger partial charge < -0.3 is 24.3 Å². The molecule has 9 nitrogen and oxygen atoms in total. The Hall–Kier alpha value is -2.98. The lowest BCUT2D eigenvalue weighted by Crippen LogP contribution is -2.45. The Labute approximate surface area is 200 Å². The Morgan fingerprint density at radius 2 is 1.68 bits per heavy atom. The van der Waals surface area contributed by atoms with Crippen LogP contribution in [0.15, 0.2) is 41.3 Å². The lowest BCUT2D eigenvalue weighted by molar-refractivity contribution is -0.116. The van der Waals surface area contributed by atoms with Crippen LogP contribution in [0.2, 0.25) is 0 Å². The molecule has 0 aromatic heterocycles. The molecule has 2 aliphatic rings. The Balaban J connectivity index is 1.58. The molecule has 0 bridgehead atoms. The quantitative estimate of drug-likeness (QED) is 0.605. The predicted molar refractivity (Wildman–Crippen MR) is 126 cm³/mol. The lowest BCUT2D eigenvalue weighted by Gasteiger charge is -2.33. The van der Waals surface area contributed by atoms with Crippen LogP contribution in [0, 0.1) is 0 Å². The lowest BCUT2D eigenvalue weighted by atomic mass is 9.95. The normalized spacial score (nSPS) is 16.2. The Morgan fingerprint density at radius 1 is 0.971 bits per heavy atom. The van der Waals surface area contributed by atoms with Gasteiger partial charge in [0.05, 0.1) is 25.7 Å². The average Bonchev–Trinajstić information content (AvgIpc) is 2.87. The van der Waals surface area contributed by atoms with Gasteiger partial charge in [0, 0.05) is 23.9 Å². The topological polar surface area (TPSA) is 103 Å². The molecule has 184 valence electrons. The van der Waals surface area contributed by atoms with Gasteiger partial charge in [-0.1, -0.05) is 19.3 Å². The second-order valence-electron chi connectivity index (χ2n) is 8.27. The smallest absolute Gasteiger partial charge is 0.243 e. The third-order valence-corrected chi connectivity index (χ3v) is 7.96. The fourth-order valence-corrected chi connectivity index (χ4v) is 6.01. The molecule has 2 aromatic carbocycles. The minimum absolute atomic E-state index is 0.0582. The fraction of sp³-hybridized carbons (Fsp3) is 0.458. The van der Waals surface area contributed by atoms with Crippen molar-refractivity contribution in [2.75, 3.05) is 39.3 Å². The van der Waals surface area contributed by atoms with Crippen LogP contribution in [-0.4, -0.2) is 58.7 Å². The monoisotopic (exact) mass is 490 g/mol. The summed E-state index contributed by atoms with van der Waals surface area (Å²) in [7, 11) is -1.03. The van der Waals surface area contributed by atoms with Gasteiger partial charge >= 0.3 is 0 Å². The predicted octanol–water partition coefficient (Wildman–Crippen LogP) is 3.44. The van der Waals surface area contributed by atoms with Crippen molar-refractivity contribution in [3.05, 3.63) is 36.4 Å². The molecule has 1 saturated carbocycles. The van der Waals surface area contributed by atoms with Gasteiger partial charge in [-0.15, -0.1) is 0 Å². The molecule has 1 aliphatic heterocycles. The van der Waals surface area contributed by atoms with E-state index in [-0.39, 0.29) is 17.5 Å². The van der Waals surface area contributed by atoms with Crippen LogP contribution in [0.4, 0.5) is 5.69 Å². The summed E-state index contributed by atoms with van der Waals surface area (Å²) in [5.41, 5.74) is 0.515. The minimum atomic E-state index is -3.97. The molecule has 10 heteroatoms. The summed E-state index contributed by atoms with van der Waals surface area (Å²) in [6, 6.07) is 9.33. The molecule has 1 N–H and O–H groups in total. The van der Waals surface area contributed by atoms with E-state index in [0.29, 0.717) is 54.7 Å². The third kappa shape index (κ3) is 5.23. The number of methoxy groups -OCH3 is 2. The van der Waals surface area contributed by atoms with E-state index in [0.717, 1.165) is 19.3 Å². The number of anilines is 1. The highest BCUT2D eigenvalue weighted by molar-refractivity contribution is 7.89. The molecule has 4 rings (SSSR count). The van der Waals surface area contributed by atoms with Gasteiger partial charge in [-0.25, -0.2) is 8.42 Å². The first-order valence-electron chi connectivity index (χ1n) is 11.4. The van der Waals surface area contributed by atoms with Crippen LogP contribution in [0.1, 0.15) is 32.1 Å². The zero-order valence-electron chi connectivity index (χ0n) is 19.4. The first-order valence-corrected chi connectivity index (χ1v) is 12.8. The van der Waals surface area contributed by atoms with E-state index in [2.05, 4.69) is 5.32 Å². The molecular formula is C24H30N2O7S. The molecule has 2 aromatic rings. The molecule has 1 heterocycles. The van der Waals surface area contributed by atoms with E-state index in [4.69, 9.17) is 18.9 Å². The van der Waals surface area contributed by atoms with Crippen LogP contribution in [-0.2, 0) is 14.8 Å². The van der Waals surface area contributed by atoms with Crippen molar-refractivity contribution >= 4 is 21.6 Å². The number of hydrogen-bond acceptors (Lipinski definition) is 7. The van der Waals surface area contributed by atoms with Crippen LogP contribution >= 0.6 is 0 Å². The number of amides is 1. The van der Waals surface area contributed by atoms with Crippen LogP contribution in [0.25, 0.3) is 0 Å². The molecular weight excluding hydrogens is 460 g/mol. The van der Waals surface area contributed by atoms with Gasteiger partial charge in [-0.2, -0.15) is 4.31 Å². The number of carbonyl (C=O) groups excluding carboxylic acids is 1. The summed E-state index contributed by atoms with van der Waals surface area (Å²) in [4.78, 5) is 13.1. The van der Waals surface area contributed by atoms with Crippen LogP contribution in [0.5, 0.6) is 23.0 Å². The van der Waals surface area contributed by atoms with Gasteiger partial charge in [0.1, 0.15) is 13.2 Å². The van der Waals surface area contributed by atoms with E-state index >= 15 is 0 Å². The second-order valence-corrected chi connectivity index (χ2v) is 10.2. The van der Waals surface area contributed by atoms with E-state index < -0.39 is 15.9 Å². The average molecular weight is 491 g/mol. The molecule has 34 heavy (non-hydrogen) atoms. The number of nitrogens with zero attached hydrogens (tertiary/aromatic N) is 1. The maximum atomic E-state index is 13.7. The maximum absolute atomic E-state index is 13.7. The third-order valence-electron chi connectivity index (χ3n) is 6.07. The van der Waals surface area contributed by atoms with E-state index in [9.17, 15) is 13.2 Å². The van der Waals surface area contributed by atoms with Crippen molar-refractivity contribution in [2.24, 2.45) is 0 Å². The molecule has 0 atom stereocenters. The van der Waals surface area contributed by atoms with Crippen LogP contribution in [0.3, 0.4) is 0 Å². The molecule has 1 aliphatic carbocycles. The second kappa shape index (κ2) is 10.5. The van der Waals surface area contributed by atoms with Gasteiger partial charge in [-0.05, 0) is 37.1 Å². The summed E-state index contributed by atoms with van der Waals surface area (Å²) in [6.45, 7) is 0.613. The minimum Gasteiger partial charge on any atom is -0.493 e. The summed E-state index contributed by atoms with van der Waals surface area (Å²) >= 11 is 0. The van der Waals surface area contributed by atoms with Crippen molar-refractivity contribution in [3.8, 4) is 23.0 Å². The number of benzene rings is 2. The number of rotatable bonds is 8. The molecule has 1 fully saturated rings. The standard InChI is InChI=1S/C24H30N2O7S/c1-30-20-11-9-19(15-22(20)31-2)34(28,29)26(18-6-4-3-5-7-18)16-24(27)25-17-8-10-21-23(14-17)33-13-12-32-21/h8-11,14-15,18H,3-7,12-13,16H2,1-2H3,(H,25,27). The number of nitrogens with one attached hydrogen (secondary N) is 1. The molecule has 1 amide bonds. The van der Waals surface area contributed by atoms with Crippen molar-refractivity contribution in [1.29, 1.82) is 0 Å². The van der Waals surface area contributed by atoms with E-state index in [1.54, 1.807) is 24.3 Å². The number of carbonyl (C=O) groups is 1.